The van der Waals surface area contributed by atoms with Gasteiger partial charge in [-0.15, -0.1) is 0 Å². The Bertz CT molecular complexity index is 814. The van der Waals surface area contributed by atoms with Crippen molar-refractivity contribution >= 4 is 24.9 Å². The number of allylic oxidation sites excluding steroid dienone is 4. The fourth-order valence-electron chi connectivity index (χ4n) is 3.31. The van der Waals surface area contributed by atoms with Gasteiger partial charge in [0.2, 0.25) is 0 Å². The molecule has 1 aliphatic carbocycles. The molecular weight excluding hydrogens is 353 g/mol. The van der Waals surface area contributed by atoms with Gasteiger partial charge in [-0.05, 0) is 30.4 Å². The van der Waals surface area contributed by atoms with Gasteiger partial charge in [0.15, 0.2) is 6.79 Å². The van der Waals surface area contributed by atoms with Crippen molar-refractivity contribution < 1.29 is 9.47 Å². The second-order valence-electron chi connectivity index (χ2n) is 6.89. The number of benzene rings is 2. The molecule has 0 heterocycles. The molecule has 2 atom stereocenters. The Morgan fingerprint density at radius 1 is 1.04 bits per heavy atom. The molecule has 0 spiro atoms. The van der Waals surface area contributed by atoms with Crippen molar-refractivity contribution in [1.29, 1.82) is 0 Å². The predicted molar refractivity (Wildman–Crippen MR) is 117 cm³/mol. The quantitative estimate of drug-likeness (QED) is 0.509. The lowest BCUT2D eigenvalue weighted by molar-refractivity contribution is 0.0511. The molecule has 0 N–H and O–H groups in total. The summed E-state index contributed by atoms with van der Waals surface area (Å²) < 4.78 is 11.3. The Morgan fingerprint density at radius 3 is 2.59 bits per heavy atom. The van der Waals surface area contributed by atoms with Gasteiger partial charge in [0, 0.05) is 37.5 Å². The van der Waals surface area contributed by atoms with Crippen LogP contribution in [0.3, 0.4) is 0 Å². The van der Waals surface area contributed by atoms with Gasteiger partial charge in [-0.1, -0.05) is 69.3 Å². The summed E-state index contributed by atoms with van der Waals surface area (Å²) >= 11 is 0. The molecule has 0 radical (unpaired) electrons. The van der Waals surface area contributed by atoms with E-state index < -0.39 is 0 Å². The Balaban J connectivity index is 1.91. The zero-order valence-corrected chi connectivity index (χ0v) is 17.3. The van der Waals surface area contributed by atoms with Crippen molar-refractivity contribution in [1.82, 2.24) is 0 Å². The minimum absolute atomic E-state index is 0.268. The van der Waals surface area contributed by atoms with Crippen LogP contribution in [0.4, 0.5) is 5.69 Å². The Kier molecular flexibility index (Phi) is 7.09. The summed E-state index contributed by atoms with van der Waals surface area (Å²) in [5.41, 5.74) is 2.50. The number of hydrogen-bond acceptors (Lipinski definition) is 3. The lowest BCUT2D eigenvalue weighted by Gasteiger charge is -2.21. The largest absolute Gasteiger partial charge is 0.467 e. The predicted octanol–water partition coefficient (Wildman–Crippen LogP) is 4.04. The van der Waals surface area contributed by atoms with Crippen LogP contribution in [0.25, 0.3) is 0 Å². The number of rotatable bonds is 8. The van der Waals surface area contributed by atoms with Crippen LogP contribution in [0.15, 0.2) is 66.8 Å². The minimum atomic E-state index is 0.268. The van der Waals surface area contributed by atoms with Gasteiger partial charge < -0.3 is 14.4 Å². The van der Waals surface area contributed by atoms with Crippen LogP contribution < -0.4 is 20.2 Å². The first kappa shape index (κ1) is 19.7. The van der Waals surface area contributed by atoms with Crippen molar-refractivity contribution in [3.63, 3.8) is 0 Å². The monoisotopic (exact) mass is 381 g/mol. The first-order chi connectivity index (χ1) is 13.2. The number of nitrogens with zero attached hydrogens (tertiary/aromatic N) is 1. The summed E-state index contributed by atoms with van der Waals surface area (Å²) in [6.45, 7) is 0.268. The lowest BCUT2D eigenvalue weighted by atomic mass is 9.93. The van der Waals surface area contributed by atoms with Crippen LogP contribution in [0, 0.1) is 5.92 Å². The van der Waals surface area contributed by atoms with Crippen LogP contribution in [0.1, 0.15) is 12.0 Å². The number of ether oxygens (including phenoxy) is 2. The summed E-state index contributed by atoms with van der Waals surface area (Å²) in [6, 6.07) is 15.1. The molecule has 0 amide bonds. The van der Waals surface area contributed by atoms with Crippen LogP contribution in [-0.2, 0) is 11.2 Å². The summed E-state index contributed by atoms with van der Waals surface area (Å²) in [5, 5.41) is 2.55. The SMILES string of the molecule is COCOc1c(CC2C=CC=CC2)cccc1Pc1ccccc1N(C)C. The third-order valence-electron chi connectivity index (χ3n) is 4.62. The van der Waals surface area contributed by atoms with Gasteiger partial charge >= 0.3 is 0 Å². The van der Waals surface area contributed by atoms with Crippen LogP contribution in [0.2, 0.25) is 0 Å². The van der Waals surface area contributed by atoms with E-state index in [0.717, 1.165) is 18.6 Å². The maximum atomic E-state index is 6.06. The third kappa shape index (κ3) is 5.22. The molecule has 2 aromatic rings. The second-order valence-corrected chi connectivity index (χ2v) is 8.22. The van der Waals surface area contributed by atoms with E-state index in [-0.39, 0.29) is 6.79 Å². The Hall–Kier alpha value is -2.09. The number of para-hydroxylation sites is 2. The second kappa shape index (κ2) is 9.73. The highest BCUT2D eigenvalue weighted by Crippen LogP contribution is 2.29. The standard InChI is InChI=1S/C23H28NO2P/c1-24(2)20-13-7-8-14-21(20)27-22-15-9-12-19(23(22)26-17-25-3)16-18-10-5-4-6-11-18/h4-10,12-15,18,27H,11,16-17H2,1-3H3. The number of methoxy groups -OCH3 is 1. The maximum absolute atomic E-state index is 6.06. The van der Waals surface area contributed by atoms with Gasteiger partial charge in [-0.2, -0.15) is 0 Å². The summed E-state index contributed by atoms with van der Waals surface area (Å²) in [4.78, 5) is 2.17. The van der Waals surface area contributed by atoms with E-state index in [1.54, 1.807) is 7.11 Å². The highest BCUT2D eigenvalue weighted by molar-refractivity contribution is 7.56. The van der Waals surface area contributed by atoms with Gasteiger partial charge in [-0.25, -0.2) is 0 Å². The summed E-state index contributed by atoms with van der Waals surface area (Å²) in [5.74, 6) is 1.50. The topological polar surface area (TPSA) is 21.7 Å². The Labute approximate surface area is 164 Å². The Morgan fingerprint density at radius 2 is 1.85 bits per heavy atom. The number of anilines is 1. The smallest absolute Gasteiger partial charge is 0.188 e. The summed E-state index contributed by atoms with van der Waals surface area (Å²) in [6.07, 6.45) is 10.8. The first-order valence-corrected chi connectivity index (χ1v) is 10.3. The van der Waals surface area contributed by atoms with Crippen LogP contribution >= 0.6 is 8.58 Å². The highest BCUT2D eigenvalue weighted by Gasteiger charge is 2.16. The van der Waals surface area contributed by atoms with Crippen molar-refractivity contribution in [2.45, 2.75) is 12.8 Å². The fourth-order valence-corrected chi connectivity index (χ4v) is 4.74. The average Bonchev–Trinajstić information content (AvgIpc) is 2.68. The van der Waals surface area contributed by atoms with E-state index in [2.05, 4.69) is 85.8 Å². The molecule has 0 aromatic heterocycles. The molecule has 0 saturated carbocycles. The molecule has 4 heteroatoms. The molecule has 0 aliphatic heterocycles. The van der Waals surface area contributed by atoms with E-state index in [4.69, 9.17) is 9.47 Å². The third-order valence-corrected chi connectivity index (χ3v) is 5.98. The van der Waals surface area contributed by atoms with Crippen molar-refractivity contribution in [3.05, 3.63) is 72.3 Å². The molecular formula is C23H28NO2P. The van der Waals surface area contributed by atoms with Gasteiger partial charge in [0.05, 0.1) is 0 Å². The fraction of sp³-hybridized carbons (Fsp3) is 0.304. The van der Waals surface area contributed by atoms with E-state index in [1.165, 1.54) is 21.9 Å². The highest BCUT2D eigenvalue weighted by atomic mass is 31.1. The van der Waals surface area contributed by atoms with Gasteiger partial charge in [0.1, 0.15) is 5.75 Å². The molecule has 0 fully saturated rings. The van der Waals surface area contributed by atoms with E-state index in [0.29, 0.717) is 14.5 Å². The lowest BCUT2D eigenvalue weighted by Crippen LogP contribution is -2.19. The van der Waals surface area contributed by atoms with Crippen molar-refractivity contribution in [2.75, 3.05) is 32.9 Å². The molecule has 0 saturated heterocycles. The van der Waals surface area contributed by atoms with E-state index in [9.17, 15) is 0 Å². The minimum Gasteiger partial charge on any atom is -0.467 e. The molecule has 1 aliphatic rings. The zero-order chi connectivity index (χ0) is 19.1. The van der Waals surface area contributed by atoms with E-state index >= 15 is 0 Å². The zero-order valence-electron chi connectivity index (χ0n) is 16.3. The van der Waals surface area contributed by atoms with Crippen molar-refractivity contribution in [3.8, 4) is 5.75 Å². The molecule has 3 rings (SSSR count). The van der Waals surface area contributed by atoms with Crippen LogP contribution in [0.5, 0.6) is 5.75 Å². The molecule has 3 nitrogen and oxygen atoms in total. The van der Waals surface area contributed by atoms with Gasteiger partial charge in [-0.3, -0.25) is 0 Å². The normalized spacial score (nSPS) is 16.2. The molecule has 27 heavy (non-hydrogen) atoms. The van der Waals surface area contributed by atoms with Crippen molar-refractivity contribution in [2.24, 2.45) is 5.92 Å². The maximum Gasteiger partial charge on any atom is 0.188 e. The molecule has 2 aromatic carbocycles. The van der Waals surface area contributed by atoms with Crippen LogP contribution in [-0.4, -0.2) is 28.0 Å². The molecule has 142 valence electrons. The number of hydrogen-bond donors (Lipinski definition) is 0. The molecule has 2 unspecified atom stereocenters. The molecule has 0 bridgehead atoms. The summed E-state index contributed by atoms with van der Waals surface area (Å²) in [7, 11) is 6.38. The van der Waals surface area contributed by atoms with Gasteiger partial charge in [0.25, 0.3) is 0 Å². The first-order valence-electron chi connectivity index (χ1n) is 9.29. The van der Waals surface area contributed by atoms with E-state index in [1.807, 2.05) is 0 Å². The average molecular weight is 381 g/mol.